The maximum absolute atomic E-state index is 5.47. The molecule has 0 radical (unpaired) electrons. The van der Waals surface area contributed by atoms with Crippen LogP contribution in [0.2, 0.25) is 0 Å². The zero-order valence-electron chi connectivity index (χ0n) is 16.8. The molecule has 0 aliphatic carbocycles. The standard InChI is InChI=1S/C22H30N2O3/c1-17-7-5-6-8-19(17)16-24-11-9-23(10-12-24)15-18-13-20(25-2)22(27-4)21(14-18)26-3/h5-8,13-14H,9-12,15-16H2,1-4H3. The van der Waals surface area contributed by atoms with Crippen molar-refractivity contribution in [1.29, 1.82) is 0 Å². The van der Waals surface area contributed by atoms with Crippen LogP contribution < -0.4 is 14.2 Å². The molecule has 1 aliphatic rings. The summed E-state index contributed by atoms with van der Waals surface area (Å²) in [6.07, 6.45) is 0. The Morgan fingerprint density at radius 1 is 0.778 bits per heavy atom. The van der Waals surface area contributed by atoms with E-state index in [1.807, 2.05) is 12.1 Å². The second-order valence-corrected chi connectivity index (χ2v) is 7.01. The van der Waals surface area contributed by atoms with Gasteiger partial charge in [0.05, 0.1) is 21.3 Å². The molecular formula is C22H30N2O3. The Balaban J connectivity index is 1.60. The fourth-order valence-electron chi connectivity index (χ4n) is 3.62. The van der Waals surface area contributed by atoms with Gasteiger partial charge in [0, 0.05) is 39.3 Å². The Hall–Kier alpha value is -2.24. The van der Waals surface area contributed by atoms with Gasteiger partial charge in [-0.3, -0.25) is 9.80 Å². The molecule has 1 heterocycles. The van der Waals surface area contributed by atoms with Crippen LogP contribution in [0.15, 0.2) is 36.4 Å². The van der Waals surface area contributed by atoms with Crippen molar-refractivity contribution in [2.45, 2.75) is 20.0 Å². The molecular weight excluding hydrogens is 340 g/mol. The van der Waals surface area contributed by atoms with Crippen molar-refractivity contribution in [2.75, 3.05) is 47.5 Å². The average Bonchev–Trinajstić information content (AvgIpc) is 2.70. The highest BCUT2D eigenvalue weighted by Gasteiger charge is 2.19. The highest BCUT2D eigenvalue weighted by Crippen LogP contribution is 2.38. The summed E-state index contributed by atoms with van der Waals surface area (Å²) >= 11 is 0. The summed E-state index contributed by atoms with van der Waals surface area (Å²) in [5.41, 5.74) is 3.98. The molecule has 0 bridgehead atoms. The monoisotopic (exact) mass is 370 g/mol. The first-order chi connectivity index (χ1) is 13.1. The maximum Gasteiger partial charge on any atom is 0.203 e. The Labute approximate surface area is 162 Å². The van der Waals surface area contributed by atoms with Crippen molar-refractivity contribution in [1.82, 2.24) is 9.80 Å². The van der Waals surface area contributed by atoms with Gasteiger partial charge in [-0.2, -0.15) is 0 Å². The Morgan fingerprint density at radius 3 is 1.85 bits per heavy atom. The number of nitrogens with zero attached hydrogens (tertiary/aromatic N) is 2. The number of piperazine rings is 1. The molecule has 0 N–H and O–H groups in total. The molecule has 0 spiro atoms. The lowest BCUT2D eigenvalue weighted by Crippen LogP contribution is -2.45. The van der Waals surface area contributed by atoms with Crippen LogP contribution in [0.4, 0.5) is 0 Å². The van der Waals surface area contributed by atoms with Crippen LogP contribution in [-0.2, 0) is 13.1 Å². The van der Waals surface area contributed by atoms with Gasteiger partial charge in [-0.15, -0.1) is 0 Å². The van der Waals surface area contributed by atoms with E-state index in [2.05, 4.69) is 41.0 Å². The lowest BCUT2D eigenvalue weighted by atomic mass is 10.1. The predicted molar refractivity (Wildman–Crippen MR) is 108 cm³/mol. The second kappa shape index (κ2) is 9.11. The fourth-order valence-corrected chi connectivity index (χ4v) is 3.62. The normalized spacial score (nSPS) is 15.6. The summed E-state index contributed by atoms with van der Waals surface area (Å²) in [4.78, 5) is 5.02. The van der Waals surface area contributed by atoms with E-state index < -0.39 is 0 Å². The lowest BCUT2D eigenvalue weighted by Gasteiger charge is -2.35. The zero-order valence-corrected chi connectivity index (χ0v) is 16.8. The summed E-state index contributed by atoms with van der Waals surface area (Å²) in [5.74, 6) is 2.07. The molecule has 1 aliphatic heterocycles. The number of hydrogen-bond acceptors (Lipinski definition) is 5. The van der Waals surface area contributed by atoms with E-state index in [9.17, 15) is 0 Å². The van der Waals surface area contributed by atoms with Gasteiger partial charge < -0.3 is 14.2 Å². The van der Waals surface area contributed by atoms with Gasteiger partial charge in [0.1, 0.15) is 0 Å². The van der Waals surface area contributed by atoms with E-state index in [0.717, 1.165) is 39.3 Å². The Morgan fingerprint density at radius 2 is 1.33 bits per heavy atom. The third-order valence-corrected chi connectivity index (χ3v) is 5.25. The molecule has 5 nitrogen and oxygen atoms in total. The van der Waals surface area contributed by atoms with Crippen molar-refractivity contribution in [3.05, 3.63) is 53.1 Å². The molecule has 0 aromatic heterocycles. The van der Waals surface area contributed by atoms with E-state index in [1.165, 1.54) is 16.7 Å². The first-order valence-electron chi connectivity index (χ1n) is 9.42. The van der Waals surface area contributed by atoms with Crippen LogP contribution in [0.25, 0.3) is 0 Å². The molecule has 3 rings (SSSR count). The second-order valence-electron chi connectivity index (χ2n) is 7.01. The van der Waals surface area contributed by atoms with Crippen molar-refractivity contribution in [3.63, 3.8) is 0 Å². The van der Waals surface area contributed by atoms with Gasteiger partial charge in [0.15, 0.2) is 11.5 Å². The zero-order chi connectivity index (χ0) is 19.2. The van der Waals surface area contributed by atoms with Crippen molar-refractivity contribution >= 4 is 0 Å². The largest absolute Gasteiger partial charge is 0.493 e. The van der Waals surface area contributed by atoms with Crippen LogP contribution in [0.5, 0.6) is 17.2 Å². The first kappa shape index (κ1) is 19.5. The highest BCUT2D eigenvalue weighted by molar-refractivity contribution is 5.53. The van der Waals surface area contributed by atoms with E-state index in [-0.39, 0.29) is 0 Å². The van der Waals surface area contributed by atoms with Crippen LogP contribution >= 0.6 is 0 Å². The first-order valence-corrected chi connectivity index (χ1v) is 9.42. The van der Waals surface area contributed by atoms with Crippen LogP contribution in [0.1, 0.15) is 16.7 Å². The van der Waals surface area contributed by atoms with Crippen LogP contribution in [0, 0.1) is 6.92 Å². The lowest BCUT2D eigenvalue weighted by molar-refractivity contribution is 0.121. The van der Waals surface area contributed by atoms with Crippen molar-refractivity contribution in [3.8, 4) is 17.2 Å². The molecule has 0 saturated carbocycles. The van der Waals surface area contributed by atoms with E-state index in [0.29, 0.717) is 17.2 Å². The molecule has 27 heavy (non-hydrogen) atoms. The average molecular weight is 370 g/mol. The Bertz CT molecular complexity index is 730. The molecule has 2 aromatic carbocycles. The number of aryl methyl sites for hydroxylation is 1. The van der Waals surface area contributed by atoms with Gasteiger partial charge in [-0.05, 0) is 35.7 Å². The molecule has 0 unspecified atom stereocenters. The molecule has 1 fully saturated rings. The number of methoxy groups -OCH3 is 3. The minimum absolute atomic E-state index is 0.645. The summed E-state index contributed by atoms with van der Waals surface area (Å²) in [6, 6.07) is 12.7. The summed E-state index contributed by atoms with van der Waals surface area (Å²) in [5, 5.41) is 0. The maximum atomic E-state index is 5.47. The number of hydrogen-bond donors (Lipinski definition) is 0. The van der Waals surface area contributed by atoms with Gasteiger partial charge in [0.2, 0.25) is 5.75 Å². The fraction of sp³-hybridized carbons (Fsp3) is 0.455. The number of rotatable bonds is 7. The molecule has 146 valence electrons. The molecule has 0 atom stereocenters. The summed E-state index contributed by atoms with van der Waals surface area (Å²) in [7, 11) is 4.95. The number of ether oxygens (including phenoxy) is 3. The van der Waals surface area contributed by atoms with Gasteiger partial charge >= 0.3 is 0 Å². The summed E-state index contributed by atoms with van der Waals surface area (Å²) in [6.45, 7) is 8.39. The quantitative estimate of drug-likeness (QED) is 0.747. The summed E-state index contributed by atoms with van der Waals surface area (Å²) < 4.78 is 16.4. The van der Waals surface area contributed by atoms with Gasteiger partial charge in [-0.25, -0.2) is 0 Å². The highest BCUT2D eigenvalue weighted by atomic mass is 16.5. The van der Waals surface area contributed by atoms with Crippen LogP contribution in [0.3, 0.4) is 0 Å². The number of benzene rings is 2. The van der Waals surface area contributed by atoms with Gasteiger partial charge in [0.25, 0.3) is 0 Å². The smallest absolute Gasteiger partial charge is 0.203 e. The van der Waals surface area contributed by atoms with Crippen molar-refractivity contribution in [2.24, 2.45) is 0 Å². The molecule has 1 saturated heterocycles. The Kier molecular flexibility index (Phi) is 6.58. The topological polar surface area (TPSA) is 34.2 Å². The third-order valence-electron chi connectivity index (χ3n) is 5.25. The minimum atomic E-state index is 0.645. The minimum Gasteiger partial charge on any atom is -0.493 e. The van der Waals surface area contributed by atoms with Gasteiger partial charge in [-0.1, -0.05) is 24.3 Å². The third kappa shape index (κ3) is 4.73. The van der Waals surface area contributed by atoms with Crippen LogP contribution in [-0.4, -0.2) is 57.3 Å². The van der Waals surface area contributed by atoms with E-state index in [1.54, 1.807) is 21.3 Å². The SMILES string of the molecule is COc1cc(CN2CCN(Cc3ccccc3C)CC2)cc(OC)c1OC. The molecule has 0 amide bonds. The van der Waals surface area contributed by atoms with Crippen molar-refractivity contribution < 1.29 is 14.2 Å². The predicted octanol–water partition coefficient (Wildman–Crippen LogP) is 3.34. The molecule has 5 heteroatoms. The molecule has 2 aromatic rings. The van der Waals surface area contributed by atoms with E-state index >= 15 is 0 Å². The van der Waals surface area contributed by atoms with E-state index in [4.69, 9.17) is 14.2 Å².